The Morgan fingerprint density at radius 2 is 2.31 bits per heavy atom. The minimum absolute atomic E-state index is 0.115. The molecule has 0 aliphatic heterocycles. The van der Waals surface area contributed by atoms with Crippen LogP contribution in [0.25, 0.3) is 0 Å². The van der Waals surface area contributed by atoms with Gasteiger partial charge in [0.25, 0.3) is 0 Å². The lowest BCUT2D eigenvalue weighted by Gasteiger charge is -1.99. The van der Waals surface area contributed by atoms with Crippen molar-refractivity contribution in [2.45, 2.75) is 12.7 Å². The molecule has 0 saturated carbocycles. The van der Waals surface area contributed by atoms with Gasteiger partial charge in [-0.15, -0.1) is 0 Å². The fourth-order valence-electron chi connectivity index (χ4n) is 1.19. The molecule has 0 radical (unpaired) electrons. The highest BCUT2D eigenvalue weighted by Gasteiger charge is 2.14. The second-order valence-electron chi connectivity index (χ2n) is 3.28. The van der Waals surface area contributed by atoms with E-state index in [0.717, 1.165) is 0 Å². The molecule has 90 valence electrons. The quantitative estimate of drug-likeness (QED) is 0.815. The molecule has 1 aromatic rings. The average molecular weight is 246 g/mol. The van der Waals surface area contributed by atoms with Gasteiger partial charge in [-0.25, -0.2) is 4.79 Å². The van der Waals surface area contributed by atoms with E-state index in [1.165, 1.54) is 6.07 Å². The van der Waals surface area contributed by atoms with Crippen molar-refractivity contribution in [3.8, 4) is 0 Å². The maximum absolute atomic E-state index is 11.5. The molecule has 0 amide bonds. The predicted molar refractivity (Wildman–Crippen MR) is 59.0 cm³/mol. The summed E-state index contributed by atoms with van der Waals surface area (Å²) in [5.41, 5.74) is 0.673. The van der Waals surface area contributed by atoms with Gasteiger partial charge in [0.2, 0.25) is 5.76 Å². The fourth-order valence-corrected chi connectivity index (χ4v) is 2.32. The molecule has 0 aliphatic carbocycles. The minimum Gasteiger partial charge on any atom is -0.475 e. The molecular weight excluding hydrogens is 232 g/mol. The van der Waals surface area contributed by atoms with Crippen molar-refractivity contribution >= 4 is 16.8 Å². The zero-order valence-corrected chi connectivity index (χ0v) is 10.0. The molecule has 0 fully saturated rings. The molecule has 0 spiro atoms. The zero-order chi connectivity index (χ0) is 12.1. The molecule has 1 atom stereocenters. The monoisotopic (exact) mass is 246 g/mol. The smallest absolute Gasteiger partial charge is 0.371 e. The number of hydrogen-bond acceptors (Lipinski definition) is 4. The summed E-state index contributed by atoms with van der Waals surface area (Å²) in [7, 11) is 0.485. The summed E-state index contributed by atoms with van der Waals surface area (Å²) in [4.78, 5) is 10.6. The lowest BCUT2D eigenvalue weighted by molar-refractivity contribution is 0.0661. The van der Waals surface area contributed by atoms with Gasteiger partial charge in [-0.2, -0.15) is 0 Å². The minimum atomic E-state index is -1.11. The second kappa shape index (κ2) is 5.81. The van der Waals surface area contributed by atoms with E-state index in [4.69, 9.17) is 14.3 Å². The number of rotatable bonds is 6. The first-order chi connectivity index (χ1) is 7.54. The number of aromatic carboxylic acids is 1. The van der Waals surface area contributed by atoms with Crippen molar-refractivity contribution < 1.29 is 23.3 Å². The van der Waals surface area contributed by atoms with Crippen LogP contribution in [0.5, 0.6) is 0 Å². The van der Waals surface area contributed by atoms with E-state index in [-0.39, 0.29) is 5.76 Å². The predicted octanol–water partition coefficient (Wildman–Crippen LogP) is 1.18. The van der Waals surface area contributed by atoms with Gasteiger partial charge in [0.05, 0.1) is 12.4 Å². The molecule has 1 rings (SSSR count). The van der Waals surface area contributed by atoms with Gasteiger partial charge >= 0.3 is 5.97 Å². The molecule has 0 saturated heterocycles. The number of hydrogen-bond donors (Lipinski definition) is 1. The Labute approximate surface area is 95.9 Å². The van der Waals surface area contributed by atoms with E-state index in [1.54, 1.807) is 14.0 Å². The first-order valence-corrected chi connectivity index (χ1v) is 6.20. The maximum atomic E-state index is 11.5. The Balaban J connectivity index is 2.66. The molecule has 1 N–H and O–H groups in total. The van der Waals surface area contributed by atoms with Crippen molar-refractivity contribution in [2.24, 2.45) is 0 Å². The van der Waals surface area contributed by atoms with E-state index in [0.29, 0.717) is 29.4 Å². The number of aryl methyl sites for hydroxylation is 1. The van der Waals surface area contributed by atoms with Crippen LogP contribution >= 0.6 is 0 Å². The summed E-state index contributed by atoms with van der Waals surface area (Å²) >= 11 is 0. The third-order valence-corrected chi connectivity index (χ3v) is 3.32. The Morgan fingerprint density at radius 1 is 1.62 bits per heavy atom. The zero-order valence-electron chi connectivity index (χ0n) is 9.19. The highest BCUT2D eigenvalue weighted by Crippen LogP contribution is 2.16. The van der Waals surface area contributed by atoms with Crippen LogP contribution in [0.1, 0.15) is 21.9 Å². The summed E-state index contributed by atoms with van der Waals surface area (Å²) in [5, 5.41) is 8.71. The largest absolute Gasteiger partial charge is 0.475 e. The summed E-state index contributed by atoms with van der Waals surface area (Å²) in [5.74, 6) is 0.00612. The number of carbonyl (C=O) groups is 1. The second-order valence-corrected chi connectivity index (χ2v) is 4.85. The first-order valence-electron chi connectivity index (χ1n) is 4.71. The van der Waals surface area contributed by atoms with Crippen LogP contribution in [0.3, 0.4) is 0 Å². The van der Waals surface area contributed by atoms with E-state index >= 15 is 0 Å². The number of carboxylic acids is 1. The van der Waals surface area contributed by atoms with Crippen LogP contribution in [0.2, 0.25) is 0 Å². The Kier molecular flexibility index (Phi) is 4.70. The van der Waals surface area contributed by atoms with Crippen LogP contribution in [-0.4, -0.2) is 34.8 Å². The number of furan rings is 1. The third-order valence-electron chi connectivity index (χ3n) is 2.06. The topological polar surface area (TPSA) is 76.7 Å². The third kappa shape index (κ3) is 3.46. The van der Waals surface area contributed by atoms with E-state index in [2.05, 4.69) is 0 Å². The molecular formula is C10H14O5S. The van der Waals surface area contributed by atoms with E-state index < -0.39 is 16.8 Å². The first kappa shape index (κ1) is 12.9. The molecule has 16 heavy (non-hydrogen) atoms. The summed E-state index contributed by atoms with van der Waals surface area (Å²) < 4.78 is 21.4. The van der Waals surface area contributed by atoms with Gasteiger partial charge < -0.3 is 14.3 Å². The molecule has 1 unspecified atom stereocenters. The molecule has 1 heterocycles. The van der Waals surface area contributed by atoms with Gasteiger partial charge in [-0.1, -0.05) is 0 Å². The normalized spacial score (nSPS) is 12.6. The average Bonchev–Trinajstić information content (AvgIpc) is 2.57. The summed E-state index contributed by atoms with van der Waals surface area (Å²) in [6.07, 6.45) is 0. The molecule has 1 aromatic heterocycles. The number of ether oxygens (including phenoxy) is 1. The lowest BCUT2D eigenvalue weighted by atomic mass is 10.3. The van der Waals surface area contributed by atoms with Crippen LogP contribution in [0.15, 0.2) is 10.5 Å². The van der Waals surface area contributed by atoms with Gasteiger partial charge in [-0.05, 0) is 13.0 Å². The van der Waals surface area contributed by atoms with Crippen molar-refractivity contribution in [3.63, 3.8) is 0 Å². The van der Waals surface area contributed by atoms with Crippen LogP contribution in [-0.2, 0) is 21.3 Å². The molecule has 0 aromatic carbocycles. The van der Waals surface area contributed by atoms with Crippen LogP contribution in [0.4, 0.5) is 0 Å². The van der Waals surface area contributed by atoms with Gasteiger partial charge in [-0.3, -0.25) is 4.21 Å². The van der Waals surface area contributed by atoms with Crippen molar-refractivity contribution in [1.82, 2.24) is 0 Å². The van der Waals surface area contributed by atoms with Crippen molar-refractivity contribution in [3.05, 3.63) is 23.2 Å². The Hall–Kier alpha value is -1.14. The molecule has 6 heteroatoms. The number of carboxylic acid groups (broad SMARTS) is 1. The highest BCUT2D eigenvalue weighted by atomic mass is 32.2. The Morgan fingerprint density at radius 3 is 2.81 bits per heavy atom. The van der Waals surface area contributed by atoms with Crippen LogP contribution < -0.4 is 0 Å². The highest BCUT2D eigenvalue weighted by molar-refractivity contribution is 7.84. The van der Waals surface area contributed by atoms with Crippen LogP contribution in [0, 0.1) is 6.92 Å². The van der Waals surface area contributed by atoms with E-state index in [9.17, 15) is 9.00 Å². The molecule has 0 aliphatic rings. The molecule has 0 bridgehead atoms. The van der Waals surface area contributed by atoms with Crippen molar-refractivity contribution in [1.29, 1.82) is 0 Å². The number of methoxy groups -OCH3 is 1. The standard InChI is InChI=1S/C10H14O5S/c1-7-8(5-9(15-7)10(11)12)6-16(13)4-3-14-2/h5H,3-4,6H2,1-2H3,(H,11,12). The van der Waals surface area contributed by atoms with Gasteiger partial charge in [0.1, 0.15) is 5.76 Å². The summed E-state index contributed by atoms with van der Waals surface area (Å²) in [6, 6.07) is 1.42. The molecule has 5 nitrogen and oxygen atoms in total. The summed E-state index contributed by atoms with van der Waals surface area (Å²) in [6.45, 7) is 2.09. The van der Waals surface area contributed by atoms with E-state index in [1.807, 2.05) is 0 Å². The fraction of sp³-hybridized carbons (Fsp3) is 0.500. The van der Waals surface area contributed by atoms with Gasteiger partial charge in [0, 0.05) is 29.2 Å². The maximum Gasteiger partial charge on any atom is 0.371 e. The lowest BCUT2D eigenvalue weighted by Crippen LogP contribution is -2.06. The van der Waals surface area contributed by atoms with Crippen molar-refractivity contribution in [2.75, 3.05) is 19.5 Å². The van der Waals surface area contributed by atoms with Gasteiger partial charge in [0.15, 0.2) is 0 Å². The SMILES string of the molecule is COCCS(=O)Cc1cc(C(=O)O)oc1C. The Bertz CT molecular complexity index is 396.